The Morgan fingerprint density at radius 1 is 1.23 bits per heavy atom. The van der Waals surface area contributed by atoms with Gasteiger partial charge < -0.3 is 10.0 Å². The Balaban J connectivity index is 3.74. The van der Waals surface area contributed by atoms with Gasteiger partial charge in [-0.3, -0.25) is 0 Å². The lowest BCUT2D eigenvalue weighted by Gasteiger charge is -2.14. The van der Waals surface area contributed by atoms with Gasteiger partial charge in [-0.05, 0) is 13.5 Å². The summed E-state index contributed by atoms with van der Waals surface area (Å²) in [6.07, 6.45) is 0.673. The molecule has 0 saturated carbocycles. The minimum atomic E-state index is -2.87. The van der Waals surface area contributed by atoms with Gasteiger partial charge in [0.25, 0.3) is 0 Å². The number of likely N-dealkylation sites (N-methyl/N-ethyl adjacent to an activating group) is 1. The lowest BCUT2D eigenvalue weighted by molar-refractivity contribution is 0.227. The van der Waals surface area contributed by atoms with E-state index in [1.807, 2.05) is 11.8 Å². The van der Waals surface area contributed by atoms with Crippen LogP contribution < -0.4 is 0 Å². The molecule has 13 heavy (non-hydrogen) atoms. The average molecular weight is 209 g/mol. The fourth-order valence-electron chi connectivity index (χ4n) is 0.991. The van der Waals surface area contributed by atoms with Crippen molar-refractivity contribution in [1.29, 1.82) is 0 Å². The minimum Gasteiger partial charge on any atom is -0.395 e. The number of sulfone groups is 1. The SMILES string of the molecule is CCCS(=O)(=O)CCN(C)CCO. The van der Waals surface area contributed by atoms with Gasteiger partial charge >= 0.3 is 0 Å². The Bertz CT molecular complexity index is 213. The van der Waals surface area contributed by atoms with Crippen LogP contribution in [0.25, 0.3) is 0 Å². The van der Waals surface area contributed by atoms with Crippen LogP contribution in [0.3, 0.4) is 0 Å². The van der Waals surface area contributed by atoms with E-state index in [1.54, 1.807) is 7.05 Å². The molecule has 0 rings (SSSR count). The molecule has 0 saturated heterocycles. The first kappa shape index (κ1) is 12.9. The van der Waals surface area contributed by atoms with Crippen LogP contribution in [-0.4, -0.2) is 56.7 Å². The number of nitrogens with zero attached hydrogens (tertiary/aromatic N) is 1. The van der Waals surface area contributed by atoms with E-state index in [1.165, 1.54) is 0 Å². The first-order valence-corrected chi connectivity index (χ1v) is 6.34. The van der Waals surface area contributed by atoms with Gasteiger partial charge in [0.1, 0.15) is 0 Å². The molecule has 0 fully saturated rings. The average Bonchev–Trinajstić information content (AvgIpc) is 2.02. The molecule has 80 valence electrons. The van der Waals surface area contributed by atoms with Gasteiger partial charge in [0, 0.05) is 18.8 Å². The monoisotopic (exact) mass is 209 g/mol. The fourth-order valence-corrected chi connectivity index (χ4v) is 2.41. The highest BCUT2D eigenvalue weighted by molar-refractivity contribution is 7.91. The maximum atomic E-state index is 11.3. The molecule has 0 aliphatic carbocycles. The van der Waals surface area contributed by atoms with E-state index in [4.69, 9.17) is 5.11 Å². The van der Waals surface area contributed by atoms with Crippen molar-refractivity contribution in [2.24, 2.45) is 0 Å². The molecule has 0 aromatic heterocycles. The molecule has 0 amide bonds. The van der Waals surface area contributed by atoms with Crippen LogP contribution in [-0.2, 0) is 9.84 Å². The van der Waals surface area contributed by atoms with Gasteiger partial charge in [-0.1, -0.05) is 6.92 Å². The predicted molar refractivity (Wildman–Crippen MR) is 53.5 cm³/mol. The summed E-state index contributed by atoms with van der Waals surface area (Å²) in [4.78, 5) is 1.81. The first-order chi connectivity index (χ1) is 6.02. The summed E-state index contributed by atoms with van der Waals surface area (Å²) in [5.41, 5.74) is 0. The van der Waals surface area contributed by atoms with Gasteiger partial charge in [0.15, 0.2) is 9.84 Å². The molecule has 0 bridgehead atoms. The topological polar surface area (TPSA) is 57.6 Å². The van der Waals surface area contributed by atoms with E-state index in [9.17, 15) is 8.42 Å². The summed E-state index contributed by atoms with van der Waals surface area (Å²) in [7, 11) is -1.07. The lowest BCUT2D eigenvalue weighted by atomic mass is 10.5. The molecule has 0 radical (unpaired) electrons. The summed E-state index contributed by atoms with van der Waals surface area (Å²) >= 11 is 0. The summed E-state index contributed by atoms with van der Waals surface area (Å²) < 4.78 is 22.5. The van der Waals surface area contributed by atoms with E-state index in [0.29, 0.717) is 19.5 Å². The number of rotatable bonds is 7. The van der Waals surface area contributed by atoms with Crippen LogP contribution in [0.15, 0.2) is 0 Å². The smallest absolute Gasteiger partial charge is 0.151 e. The second-order valence-corrected chi connectivity index (χ2v) is 5.48. The molecule has 4 nitrogen and oxygen atoms in total. The van der Waals surface area contributed by atoms with Gasteiger partial charge in [-0.15, -0.1) is 0 Å². The molecule has 0 aliphatic rings. The molecule has 0 heterocycles. The van der Waals surface area contributed by atoms with Crippen LogP contribution in [0.4, 0.5) is 0 Å². The van der Waals surface area contributed by atoms with Gasteiger partial charge in [-0.2, -0.15) is 0 Å². The summed E-state index contributed by atoms with van der Waals surface area (Å²) in [6.45, 7) is 2.96. The molecule has 0 aromatic rings. The van der Waals surface area contributed by atoms with Crippen molar-refractivity contribution in [3.63, 3.8) is 0 Å². The van der Waals surface area contributed by atoms with Crippen molar-refractivity contribution in [2.45, 2.75) is 13.3 Å². The van der Waals surface area contributed by atoms with Gasteiger partial charge in [0.05, 0.1) is 12.4 Å². The third-order valence-electron chi connectivity index (χ3n) is 1.78. The second kappa shape index (κ2) is 6.34. The quantitative estimate of drug-likeness (QED) is 0.627. The Morgan fingerprint density at radius 2 is 1.85 bits per heavy atom. The van der Waals surface area contributed by atoms with E-state index < -0.39 is 9.84 Å². The zero-order valence-corrected chi connectivity index (χ0v) is 9.18. The minimum absolute atomic E-state index is 0.0737. The maximum Gasteiger partial charge on any atom is 0.151 e. The summed E-state index contributed by atoms with van der Waals surface area (Å²) in [6, 6.07) is 0. The summed E-state index contributed by atoms with van der Waals surface area (Å²) in [5.74, 6) is 0.456. The lowest BCUT2D eigenvalue weighted by Crippen LogP contribution is -2.28. The highest BCUT2D eigenvalue weighted by Crippen LogP contribution is 1.94. The third-order valence-corrected chi connectivity index (χ3v) is 3.62. The van der Waals surface area contributed by atoms with Crippen LogP contribution in [0.2, 0.25) is 0 Å². The van der Waals surface area contributed by atoms with E-state index >= 15 is 0 Å². The van der Waals surface area contributed by atoms with E-state index in [-0.39, 0.29) is 18.1 Å². The fraction of sp³-hybridized carbons (Fsp3) is 1.00. The molecule has 0 unspecified atom stereocenters. The Morgan fingerprint density at radius 3 is 2.31 bits per heavy atom. The Hall–Kier alpha value is -0.130. The number of aliphatic hydroxyl groups is 1. The van der Waals surface area contributed by atoms with Crippen molar-refractivity contribution in [3.8, 4) is 0 Å². The van der Waals surface area contributed by atoms with Crippen LogP contribution >= 0.6 is 0 Å². The van der Waals surface area contributed by atoms with Crippen LogP contribution in [0, 0.1) is 0 Å². The standard InChI is InChI=1S/C8H19NO3S/c1-3-7-13(11,12)8-5-9(2)4-6-10/h10H,3-8H2,1-2H3. The molecule has 0 atom stereocenters. The summed E-state index contributed by atoms with van der Waals surface area (Å²) in [5, 5.41) is 8.58. The molecule has 0 aliphatic heterocycles. The first-order valence-electron chi connectivity index (χ1n) is 4.51. The van der Waals surface area contributed by atoms with E-state index in [0.717, 1.165) is 0 Å². The molecule has 0 spiro atoms. The maximum absolute atomic E-state index is 11.3. The largest absolute Gasteiger partial charge is 0.395 e. The van der Waals surface area contributed by atoms with Crippen LogP contribution in [0.1, 0.15) is 13.3 Å². The Labute approximate surface area is 80.5 Å². The van der Waals surface area contributed by atoms with E-state index in [2.05, 4.69) is 0 Å². The number of hydrogen-bond acceptors (Lipinski definition) is 4. The van der Waals surface area contributed by atoms with Gasteiger partial charge in [0.2, 0.25) is 0 Å². The Kier molecular flexibility index (Phi) is 6.28. The molecule has 1 N–H and O–H groups in total. The van der Waals surface area contributed by atoms with Gasteiger partial charge in [-0.25, -0.2) is 8.42 Å². The highest BCUT2D eigenvalue weighted by atomic mass is 32.2. The number of aliphatic hydroxyl groups excluding tert-OH is 1. The number of hydrogen-bond donors (Lipinski definition) is 1. The zero-order valence-electron chi connectivity index (χ0n) is 8.36. The molecule has 0 aromatic carbocycles. The molecular weight excluding hydrogens is 190 g/mol. The third kappa shape index (κ3) is 6.98. The zero-order chi connectivity index (χ0) is 10.3. The second-order valence-electron chi connectivity index (χ2n) is 3.18. The van der Waals surface area contributed by atoms with Crippen molar-refractivity contribution in [2.75, 3.05) is 38.2 Å². The molecular formula is C8H19NO3S. The van der Waals surface area contributed by atoms with Crippen molar-refractivity contribution in [1.82, 2.24) is 4.90 Å². The predicted octanol–water partition coefficient (Wildman–Crippen LogP) is -0.265. The van der Waals surface area contributed by atoms with Crippen molar-refractivity contribution >= 4 is 9.84 Å². The highest BCUT2D eigenvalue weighted by Gasteiger charge is 2.10. The normalized spacial score (nSPS) is 12.3. The van der Waals surface area contributed by atoms with Crippen molar-refractivity contribution < 1.29 is 13.5 Å². The van der Waals surface area contributed by atoms with Crippen LogP contribution in [0.5, 0.6) is 0 Å². The van der Waals surface area contributed by atoms with Crippen molar-refractivity contribution in [3.05, 3.63) is 0 Å². The molecule has 5 heteroatoms.